The van der Waals surface area contributed by atoms with E-state index in [-0.39, 0.29) is 0 Å². The number of nitrogens with one attached hydrogen (secondary N) is 1. The first kappa shape index (κ1) is 23.2. The van der Waals surface area contributed by atoms with Gasteiger partial charge in [0.1, 0.15) is 11.6 Å². The number of morpholine rings is 1. The first-order chi connectivity index (χ1) is 16.8. The van der Waals surface area contributed by atoms with Crippen molar-refractivity contribution in [1.29, 1.82) is 0 Å². The van der Waals surface area contributed by atoms with Crippen LogP contribution in [-0.4, -0.2) is 55.0 Å². The van der Waals surface area contributed by atoms with E-state index in [9.17, 15) is 13.2 Å². The number of aryl methyl sites for hydroxylation is 1. The summed E-state index contributed by atoms with van der Waals surface area (Å²) in [7, 11) is 1.86. The van der Waals surface area contributed by atoms with E-state index in [4.69, 9.17) is 4.74 Å². The molecule has 0 atom stereocenters. The van der Waals surface area contributed by atoms with Crippen molar-refractivity contribution in [2.24, 2.45) is 0 Å². The molecule has 2 aromatic heterocycles. The maximum absolute atomic E-state index is 13.3. The molecule has 1 fully saturated rings. The molecule has 0 aliphatic carbocycles. The number of nitrogens with zero attached hydrogens (tertiary/aromatic N) is 6. The van der Waals surface area contributed by atoms with Crippen LogP contribution in [0.1, 0.15) is 16.7 Å². The minimum Gasteiger partial charge on any atom is -0.378 e. The van der Waals surface area contributed by atoms with Crippen molar-refractivity contribution in [2.45, 2.75) is 19.6 Å². The van der Waals surface area contributed by atoms with E-state index in [0.29, 0.717) is 38.1 Å². The monoisotopic (exact) mass is 485 g/mol. The van der Waals surface area contributed by atoms with Gasteiger partial charge in [0, 0.05) is 44.1 Å². The van der Waals surface area contributed by atoms with Crippen molar-refractivity contribution in [2.75, 3.05) is 60.0 Å². The Hall–Kier alpha value is -3.60. The van der Waals surface area contributed by atoms with Crippen molar-refractivity contribution in [1.82, 2.24) is 15.0 Å². The van der Waals surface area contributed by atoms with Crippen LogP contribution in [0.3, 0.4) is 0 Å². The minimum absolute atomic E-state index is 0.404. The van der Waals surface area contributed by atoms with Crippen LogP contribution in [0.15, 0.2) is 42.7 Å². The third-order valence-corrected chi connectivity index (χ3v) is 6.16. The maximum atomic E-state index is 13.3. The Morgan fingerprint density at radius 2 is 1.80 bits per heavy atom. The maximum Gasteiger partial charge on any atom is 0.416 e. The molecule has 4 heterocycles. The zero-order valence-corrected chi connectivity index (χ0v) is 19.5. The number of hydrogen-bond acceptors (Lipinski definition) is 8. The summed E-state index contributed by atoms with van der Waals surface area (Å²) in [5.74, 6) is 2.07. The average Bonchev–Trinajstić information content (AvgIpc) is 2.85. The van der Waals surface area contributed by atoms with Crippen molar-refractivity contribution >= 4 is 29.0 Å². The number of halogens is 3. The molecule has 0 unspecified atom stereocenters. The highest BCUT2D eigenvalue weighted by Crippen LogP contribution is 2.36. The van der Waals surface area contributed by atoms with Gasteiger partial charge in [-0.25, -0.2) is 9.97 Å². The lowest BCUT2D eigenvalue weighted by molar-refractivity contribution is -0.137. The lowest BCUT2D eigenvalue weighted by Crippen LogP contribution is -2.41. The van der Waals surface area contributed by atoms with Crippen LogP contribution in [0, 0.1) is 6.92 Å². The molecule has 11 heteroatoms. The Bertz CT molecular complexity index is 1200. The number of fused-ring (bicyclic) bond motifs is 1. The summed E-state index contributed by atoms with van der Waals surface area (Å²) in [6.07, 6.45) is -0.928. The Balaban J connectivity index is 1.32. The standard InChI is InChI=1S/C24H26F3N7O/c1-16-3-4-18(24(25,26)27)11-20(16)34-14-17-12-29-23(31-22(17)32(2)15-34)30-19-5-6-21(28-13-19)33-7-9-35-10-8-33/h3-6,11-13H,7-10,14-15H2,1-2H3,(H,29,30,31). The van der Waals surface area contributed by atoms with Gasteiger partial charge in [0.15, 0.2) is 0 Å². The van der Waals surface area contributed by atoms with Crippen molar-refractivity contribution in [3.63, 3.8) is 0 Å². The smallest absolute Gasteiger partial charge is 0.378 e. The van der Waals surface area contributed by atoms with Crippen LogP contribution in [0.5, 0.6) is 0 Å². The molecule has 184 valence electrons. The highest BCUT2D eigenvalue weighted by Gasteiger charge is 2.32. The van der Waals surface area contributed by atoms with Crippen LogP contribution in [0.2, 0.25) is 0 Å². The first-order valence-electron chi connectivity index (χ1n) is 11.3. The molecular weight excluding hydrogens is 459 g/mol. The van der Waals surface area contributed by atoms with Crippen LogP contribution in [0.25, 0.3) is 0 Å². The second kappa shape index (κ2) is 9.21. The number of anilines is 5. The van der Waals surface area contributed by atoms with E-state index < -0.39 is 11.7 Å². The number of alkyl halides is 3. The molecule has 1 saturated heterocycles. The molecule has 35 heavy (non-hydrogen) atoms. The third-order valence-electron chi connectivity index (χ3n) is 6.16. The molecule has 1 N–H and O–H groups in total. The fourth-order valence-electron chi connectivity index (χ4n) is 4.34. The van der Waals surface area contributed by atoms with E-state index in [1.807, 2.05) is 35.9 Å². The summed E-state index contributed by atoms with van der Waals surface area (Å²) in [5, 5.41) is 3.19. The normalized spacial score (nSPS) is 16.3. The molecule has 2 aliphatic rings. The number of benzene rings is 1. The lowest BCUT2D eigenvalue weighted by Gasteiger charge is -2.37. The predicted octanol–water partition coefficient (Wildman–Crippen LogP) is 4.19. The summed E-state index contributed by atoms with van der Waals surface area (Å²) < 4.78 is 45.1. The SMILES string of the molecule is Cc1ccc(C(F)(F)F)cc1N1Cc2cnc(Nc3ccc(N4CCOCC4)nc3)nc2N(C)C1. The van der Waals surface area contributed by atoms with Gasteiger partial charge in [-0.05, 0) is 36.8 Å². The van der Waals surface area contributed by atoms with Gasteiger partial charge in [-0.1, -0.05) is 6.07 Å². The van der Waals surface area contributed by atoms with Crippen LogP contribution >= 0.6 is 0 Å². The van der Waals surface area contributed by atoms with Gasteiger partial charge in [-0.3, -0.25) is 0 Å². The van der Waals surface area contributed by atoms with Crippen molar-refractivity contribution in [3.8, 4) is 0 Å². The molecule has 0 saturated carbocycles. The Morgan fingerprint density at radius 3 is 2.51 bits per heavy atom. The number of pyridine rings is 1. The molecule has 0 bridgehead atoms. The van der Waals surface area contributed by atoms with Crippen LogP contribution < -0.4 is 20.0 Å². The minimum atomic E-state index is -4.39. The summed E-state index contributed by atoms with van der Waals surface area (Å²) in [6.45, 7) is 5.66. The topological polar surface area (TPSA) is 69.7 Å². The van der Waals surface area contributed by atoms with Gasteiger partial charge >= 0.3 is 6.18 Å². The fraction of sp³-hybridized carbons (Fsp3) is 0.375. The third kappa shape index (κ3) is 4.95. The quantitative estimate of drug-likeness (QED) is 0.590. The van der Waals surface area contributed by atoms with Gasteiger partial charge in [0.05, 0.1) is 37.3 Å². The Kier molecular flexibility index (Phi) is 6.10. The van der Waals surface area contributed by atoms with E-state index in [1.54, 1.807) is 12.4 Å². The molecule has 0 radical (unpaired) electrons. The zero-order valence-electron chi connectivity index (χ0n) is 19.5. The highest BCUT2D eigenvalue weighted by molar-refractivity contribution is 5.63. The summed E-state index contributed by atoms with van der Waals surface area (Å²) >= 11 is 0. The first-order valence-corrected chi connectivity index (χ1v) is 11.3. The largest absolute Gasteiger partial charge is 0.416 e. The Morgan fingerprint density at radius 1 is 1.00 bits per heavy atom. The average molecular weight is 486 g/mol. The van der Waals surface area contributed by atoms with Gasteiger partial charge in [-0.2, -0.15) is 18.2 Å². The predicted molar refractivity (Wildman–Crippen MR) is 128 cm³/mol. The van der Waals surface area contributed by atoms with Gasteiger partial charge in [0.25, 0.3) is 0 Å². The second-order valence-corrected chi connectivity index (χ2v) is 8.71. The van der Waals surface area contributed by atoms with Gasteiger partial charge in [-0.15, -0.1) is 0 Å². The van der Waals surface area contributed by atoms with E-state index in [0.717, 1.165) is 47.6 Å². The zero-order chi connectivity index (χ0) is 24.6. The number of rotatable bonds is 4. The van der Waals surface area contributed by atoms with Crippen molar-refractivity contribution in [3.05, 3.63) is 59.4 Å². The number of ether oxygens (including phenoxy) is 1. The molecule has 0 amide bonds. The molecular formula is C24H26F3N7O. The van der Waals surface area contributed by atoms with Crippen LogP contribution in [-0.2, 0) is 17.5 Å². The molecule has 3 aromatic rings. The molecule has 1 aromatic carbocycles. The van der Waals surface area contributed by atoms with Crippen LogP contribution in [0.4, 0.5) is 42.1 Å². The lowest BCUT2D eigenvalue weighted by atomic mass is 10.1. The van der Waals surface area contributed by atoms with Gasteiger partial charge in [0.2, 0.25) is 5.95 Å². The molecule has 0 spiro atoms. The summed E-state index contributed by atoms with van der Waals surface area (Å²) in [6, 6.07) is 7.72. The number of aromatic nitrogens is 3. The summed E-state index contributed by atoms with van der Waals surface area (Å²) in [4.78, 5) is 19.6. The van der Waals surface area contributed by atoms with E-state index >= 15 is 0 Å². The number of hydrogen-bond donors (Lipinski definition) is 1. The van der Waals surface area contributed by atoms with Crippen molar-refractivity contribution < 1.29 is 17.9 Å². The fourth-order valence-corrected chi connectivity index (χ4v) is 4.34. The molecule has 8 nitrogen and oxygen atoms in total. The molecule has 2 aliphatic heterocycles. The van der Waals surface area contributed by atoms with E-state index in [1.165, 1.54) is 12.1 Å². The molecule has 5 rings (SSSR count). The highest BCUT2D eigenvalue weighted by atomic mass is 19.4. The second-order valence-electron chi connectivity index (χ2n) is 8.71. The summed E-state index contributed by atoms with van der Waals surface area (Å²) in [5.41, 5.74) is 2.27. The van der Waals surface area contributed by atoms with E-state index in [2.05, 4.69) is 25.2 Å². The Labute approximate surface area is 201 Å². The van der Waals surface area contributed by atoms with Gasteiger partial charge < -0.3 is 24.8 Å².